The molecule has 0 aliphatic carbocycles. The number of unbranched alkanes of at least 4 members (excludes halogenated alkanes) is 1. The van der Waals surface area contributed by atoms with Gasteiger partial charge in [0, 0.05) is 10.9 Å². The van der Waals surface area contributed by atoms with E-state index in [1.165, 1.54) is 5.56 Å². The average Bonchev–Trinajstić information content (AvgIpc) is 2.70. The van der Waals surface area contributed by atoms with E-state index < -0.39 is 5.97 Å². The van der Waals surface area contributed by atoms with Gasteiger partial charge in [0.05, 0.1) is 0 Å². The lowest BCUT2D eigenvalue weighted by atomic mass is 10.0. The van der Waals surface area contributed by atoms with E-state index in [1.54, 1.807) is 6.07 Å². The van der Waals surface area contributed by atoms with Crippen molar-refractivity contribution in [2.75, 3.05) is 0 Å². The molecule has 1 aromatic heterocycles. The minimum absolute atomic E-state index is 0.263. The highest BCUT2D eigenvalue weighted by Gasteiger charge is 2.09. The second kappa shape index (κ2) is 4.39. The summed E-state index contributed by atoms with van der Waals surface area (Å²) in [6.45, 7) is 2.15. The molecule has 0 atom stereocenters. The SMILES string of the molecule is CCCCc1cccc2[nH]c(C(=O)O)cc12. The van der Waals surface area contributed by atoms with Gasteiger partial charge in [0.1, 0.15) is 5.69 Å². The molecule has 0 spiro atoms. The molecular formula is C13H15NO2. The number of nitrogens with one attached hydrogen (secondary N) is 1. The number of aromatic carboxylic acids is 1. The number of H-pyrrole nitrogens is 1. The number of carboxylic acid groups (broad SMARTS) is 1. The normalized spacial score (nSPS) is 10.8. The van der Waals surface area contributed by atoms with Crippen LogP contribution in [0.1, 0.15) is 35.8 Å². The second-order valence-electron chi connectivity index (χ2n) is 3.97. The maximum absolute atomic E-state index is 10.9. The topological polar surface area (TPSA) is 53.1 Å². The largest absolute Gasteiger partial charge is 0.477 e. The van der Waals surface area contributed by atoms with Gasteiger partial charge in [-0.25, -0.2) is 4.79 Å². The molecule has 1 heterocycles. The fourth-order valence-electron chi connectivity index (χ4n) is 1.92. The van der Waals surface area contributed by atoms with Crippen LogP contribution in [0.15, 0.2) is 24.3 Å². The third-order valence-electron chi connectivity index (χ3n) is 2.78. The quantitative estimate of drug-likeness (QED) is 0.826. The Morgan fingerprint density at radius 1 is 1.44 bits per heavy atom. The van der Waals surface area contributed by atoms with E-state index in [-0.39, 0.29) is 5.69 Å². The molecule has 2 N–H and O–H groups in total. The van der Waals surface area contributed by atoms with Gasteiger partial charge in [0.25, 0.3) is 0 Å². The van der Waals surface area contributed by atoms with Crippen LogP contribution in [0, 0.1) is 0 Å². The lowest BCUT2D eigenvalue weighted by Crippen LogP contribution is -1.94. The van der Waals surface area contributed by atoms with Crippen molar-refractivity contribution in [3.05, 3.63) is 35.5 Å². The summed E-state index contributed by atoms with van der Waals surface area (Å²) >= 11 is 0. The molecule has 1 aromatic carbocycles. The highest BCUT2D eigenvalue weighted by atomic mass is 16.4. The molecule has 16 heavy (non-hydrogen) atoms. The fourth-order valence-corrected chi connectivity index (χ4v) is 1.92. The molecule has 0 fully saturated rings. The Kier molecular flexibility index (Phi) is 2.95. The maximum atomic E-state index is 10.9. The van der Waals surface area contributed by atoms with Crippen molar-refractivity contribution in [3.63, 3.8) is 0 Å². The lowest BCUT2D eigenvalue weighted by molar-refractivity contribution is 0.0691. The number of aromatic nitrogens is 1. The molecule has 0 aliphatic heterocycles. The van der Waals surface area contributed by atoms with Gasteiger partial charge < -0.3 is 10.1 Å². The summed E-state index contributed by atoms with van der Waals surface area (Å²) in [6.07, 6.45) is 3.28. The van der Waals surface area contributed by atoms with Gasteiger partial charge in [0.2, 0.25) is 0 Å². The van der Waals surface area contributed by atoms with Crippen LogP contribution in [-0.2, 0) is 6.42 Å². The Bertz CT molecular complexity index is 514. The van der Waals surface area contributed by atoms with Crippen LogP contribution in [0.2, 0.25) is 0 Å². The molecule has 0 radical (unpaired) electrons. The summed E-state index contributed by atoms with van der Waals surface area (Å²) in [5.41, 5.74) is 2.40. The Morgan fingerprint density at radius 3 is 2.94 bits per heavy atom. The zero-order valence-electron chi connectivity index (χ0n) is 9.29. The molecule has 2 rings (SSSR count). The zero-order chi connectivity index (χ0) is 11.5. The summed E-state index contributed by atoms with van der Waals surface area (Å²) in [6, 6.07) is 7.67. The first-order chi connectivity index (χ1) is 7.72. The third kappa shape index (κ3) is 1.94. The minimum atomic E-state index is -0.905. The van der Waals surface area contributed by atoms with E-state index in [0.29, 0.717) is 0 Å². The van der Waals surface area contributed by atoms with Crippen molar-refractivity contribution in [1.82, 2.24) is 4.98 Å². The minimum Gasteiger partial charge on any atom is -0.477 e. The molecule has 0 amide bonds. The molecule has 3 heteroatoms. The number of aryl methyl sites for hydroxylation is 1. The standard InChI is InChI=1S/C13H15NO2/c1-2-3-5-9-6-4-7-11-10(9)8-12(14-11)13(15)16/h4,6-8,14H,2-3,5H2,1H3,(H,15,16). The van der Waals surface area contributed by atoms with Crippen molar-refractivity contribution >= 4 is 16.9 Å². The van der Waals surface area contributed by atoms with Gasteiger partial charge in [-0.05, 0) is 30.5 Å². The van der Waals surface area contributed by atoms with Gasteiger partial charge in [-0.2, -0.15) is 0 Å². The number of fused-ring (bicyclic) bond motifs is 1. The van der Waals surface area contributed by atoms with Gasteiger partial charge in [-0.3, -0.25) is 0 Å². The van der Waals surface area contributed by atoms with Crippen LogP contribution >= 0.6 is 0 Å². The Hall–Kier alpha value is -1.77. The van der Waals surface area contributed by atoms with Crippen LogP contribution in [0.3, 0.4) is 0 Å². The van der Waals surface area contributed by atoms with Gasteiger partial charge in [0.15, 0.2) is 0 Å². The Balaban J connectivity index is 2.45. The van der Waals surface area contributed by atoms with E-state index >= 15 is 0 Å². The van der Waals surface area contributed by atoms with E-state index in [2.05, 4.69) is 18.0 Å². The van der Waals surface area contributed by atoms with Crippen LogP contribution in [0.5, 0.6) is 0 Å². The summed E-state index contributed by atoms with van der Waals surface area (Å²) in [5.74, 6) is -0.905. The van der Waals surface area contributed by atoms with Crippen LogP contribution in [0.25, 0.3) is 10.9 Å². The van der Waals surface area contributed by atoms with Crippen molar-refractivity contribution in [1.29, 1.82) is 0 Å². The fraction of sp³-hybridized carbons (Fsp3) is 0.308. The number of aromatic amines is 1. The predicted molar refractivity (Wildman–Crippen MR) is 63.9 cm³/mol. The van der Waals surface area contributed by atoms with Crippen LogP contribution in [-0.4, -0.2) is 16.1 Å². The molecule has 2 aromatic rings. The highest BCUT2D eigenvalue weighted by Crippen LogP contribution is 2.21. The van der Waals surface area contributed by atoms with Crippen LogP contribution in [0.4, 0.5) is 0 Å². The predicted octanol–water partition coefficient (Wildman–Crippen LogP) is 3.21. The van der Waals surface area contributed by atoms with E-state index in [4.69, 9.17) is 5.11 Å². The number of benzene rings is 1. The zero-order valence-corrected chi connectivity index (χ0v) is 9.29. The van der Waals surface area contributed by atoms with Crippen LogP contribution < -0.4 is 0 Å². The van der Waals surface area contributed by atoms with Crippen molar-refractivity contribution in [2.45, 2.75) is 26.2 Å². The van der Waals surface area contributed by atoms with Crippen molar-refractivity contribution < 1.29 is 9.90 Å². The maximum Gasteiger partial charge on any atom is 0.352 e. The Morgan fingerprint density at radius 2 is 2.25 bits per heavy atom. The van der Waals surface area contributed by atoms with E-state index in [9.17, 15) is 4.79 Å². The molecule has 0 unspecified atom stereocenters. The average molecular weight is 217 g/mol. The smallest absolute Gasteiger partial charge is 0.352 e. The van der Waals surface area contributed by atoms with Gasteiger partial charge in [-0.1, -0.05) is 25.5 Å². The number of hydrogen-bond acceptors (Lipinski definition) is 1. The second-order valence-corrected chi connectivity index (χ2v) is 3.97. The Labute approximate surface area is 94.1 Å². The third-order valence-corrected chi connectivity index (χ3v) is 2.78. The van der Waals surface area contributed by atoms with E-state index in [0.717, 1.165) is 30.2 Å². The first kappa shape index (κ1) is 10.7. The van der Waals surface area contributed by atoms with E-state index in [1.807, 2.05) is 12.1 Å². The molecule has 3 nitrogen and oxygen atoms in total. The monoisotopic (exact) mass is 217 g/mol. The first-order valence-corrected chi connectivity index (χ1v) is 5.56. The molecule has 0 aliphatic rings. The number of carboxylic acids is 1. The first-order valence-electron chi connectivity index (χ1n) is 5.56. The molecule has 0 saturated carbocycles. The highest BCUT2D eigenvalue weighted by molar-refractivity contribution is 5.94. The summed E-state index contributed by atoms with van der Waals surface area (Å²) in [4.78, 5) is 13.8. The summed E-state index contributed by atoms with van der Waals surface area (Å²) in [7, 11) is 0. The van der Waals surface area contributed by atoms with Gasteiger partial charge >= 0.3 is 5.97 Å². The summed E-state index contributed by atoms with van der Waals surface area (Å²) in [5, 5.41) is 9.96. The van der Waals surface area contributed by atoms with Crippen molar-refractivity contribution in [2.24, 2.45) is 0 Å². The molecule has 0 bridgehead atoms. The summed E-state index contributed by atoms with van der Waals surface area (Å²) < 4.78 is 0. The lowest BCUT2D eigenvalue weighted by Gasteiger charge is -2.01. The van der Waals surface area contributed by atoms with Gasteiger partial charge in [-0.15, -0.1) is 0 Å². The molecule has 84 valence electrons. The van der Waals surface area contributed by atoms with Crippen molar-refractivity contribution in [3.8, 4) is 0 Å². The number of hydrogen-bond donors (Lipinski definition) is 2. The molecule has 0 saturated heterocycles. The number of rotatable bonds is 4. The number of carbonyl (C=O) groups is 1. The molecular weight excluding hydrogens is 202 g/mol.